The Bertz CT molecular complexity index is 256. The van der Waals surface area contributed by atoms with Gasteiger partial charge in [0.1, 0.15) is 0 Å². The summed E-state index contributed by atoms with van der Waals surface area (Å²) in [5, 5.41) is 9.70. The lowest BCUT2D eigenvalue weighted by Gasteiger charge is -2.26. The first-order chi connectivity index (χ1) is 7.90. The average molecular weight is 243 g/mol. The second-order valence-corrected chi connectivity index (χ2v) is 5.34. The first-order valence-electron chi connectivity index (χ1n) is 6.17. The minimum Gasteiger partial charge on any atom is -0.392 e. The van der Waals surface area contributed by atoms with Crippen LogP contribution in [0.1, 0.15) is 12.8 Å². The minimum absolute atomic E-state index is 0.148. The van der Waals surface area contributed by atoms with Crippen molar-refractivity contribution in [2.24, 2.45) is 0 Å². The predicted octanol–water partition coefficient (Wildman–Crippen LogP) is -0.538. The Morgan fingerprint density at radius 3 is 2.53 bits per heavy atom. The number of likely N-dealkylation sites (tertiary alicyclic amines) is 1. The van der Waals surface area contributed by atoms with Crippen LogP contribution in [0.4, 0.5) is 0 Å². The zero-order valence-corrected chi connectivity index (χ0v) is 11.4. The quantitative estimate of drug-likeness (QED) is 0.704. The molecule has 5 nitrogen and oxygen atoms in total. The zero-order valence-electron chi connectivity index (χ0n) is 11.4. The second kappa shape index (κ2) is 6.33. The van der Waals surface area contributed by atoms with Crippen LogP contribution in [0.5, 0.6) is 0 Å². The standard InChI is InChI=1S/C12H25N3O2/c1-13(2)8-10-7-11(16)9-15(10)6-5-12(17)14(3)4/h10-11,16H,5-9H2,1-4H3. The summed E-state index contributed by atoms with van der Waals surface area (Å²) in [6, 6.07) is 0.370. The third-order valence-electron chi connectivity index (χ3n) is 3.19. The highest BCUT2D eigenvalue weighted by atomic mass is 16.3. The van der Waals surface area contributed by atoms with Crippen molar-refractivity contribution >= 4 is 5.91 Å². The maximum Gasteiger partial charge on any atom is 0.223 e. The van der Waals surface area contributed by atoms with E-state index in [9.17, 15) is 9.90 Å². The lowest BCUT2D eigenvalue weighted by molar-refractivity contribution is -0.129. The van der Waals surface area contributed by atoms with Crippen LogP contribution >= 0.6 is 0 Å². The van der Waals surface area contributed by atoms with E-state index in [0.717, 1.165) is 19.5 Å². The topological polar surface area (TPSA) is 47.0 Å². The maximum atomic E-state index is 11.5. The van der Waals surface area contributed by atoms with Gasteiger partial charge in [0.2, 0.25) is 5.91 Å². The van der Waals surface area contributed by atoms with E-state index in [0.29, 0.717) is 19.0 Å². The molecule has 17 heavy (non-hydrogen) atoms. The van der Waals surface area contributed by atoms with E-state index in [-0.39, 0.29) is 12.0 Å². The number of likely N-dealkylation sites (N-methyl/N-ethyl adjacent to an activating group) is 1. The molecule has 2 atom stereocenters. The van der Waals surface area contributed by atoms with Gasteiger partial charge >= 0.3 is 0 Å². The van der Waals surface area contributed by atoms with Crippen molar-refractivity contribution in [3.63, 3.8) is 0 Å². The van der Waals surface area contributed by atoms with Gasteiger partial charge in [0, 0.05) is 46.2 Å². The van der Waals surface area contributed by atoms with E-state index in [1.165, 1.54) is 0 Å². The predicted molar refractivity (Wildman–Crippen MR) is 67.8 cm³/mol. The van der Waals surface area contributed by atoms with E-state index in [1.807, 2.05) is 14.1 Å². The fourth-order valence-electron chi connectivity index (χ4n) is 2.31. The SMILES string of the molecule is CN(C)CC1CC(O)CN1CCC(=O)N(C)C. The Labute approximate surface area is 104 Å². The van der Waals surface area contributed by atoms with Gasteiger partial charge in [-0.3, -0.25) is 9.69 Å². The largest absolute Gasteiger partial charge is 0.392 e. The smallest absolute Gasteiger partial charge is 0.223 e. The van der Waals surface area contributed by atoms with E-state index < -0.39 is 0 Å². The first kappa shape index (κ1) is 14.4. The highest BCUT2D eigenvalue weighted by Gasteiger charge is 2.31. The van der Waals surface area contributed by atoms with Crippen molar-refractivity contribution in [1.29, 1.82) is 0 Å². The molecule has 1 rings (SSSR count). The van der Waals surface area contributed by atoms with Crippen molar-refractivity contribution in [3.05, 3.63) is 0 Å². The molecule has 0 aliphatic carbocycles. The number of carbonyl (C=O) groups is 1. The normalized spacial score (nSPS) is 25.5. The second-order valence-electron chi connectivity index (χ2n) is 5.34. The number of hydrogen-bond acceptors (Lipinski definition) is 4. The summed E-state index contributed by atoms with van der Waals surface area (Å²) in [4.78, 5) is 17.5. The van der Waals surface area contributed by atoms with Crippen LogP contribution in [0.25, 0.3) is 0 Å². The van der Waals surface area contributed by atoms with Crippen LogP contribution in [0.15, 0.2) is 0 Å². The number of aliphatic hydroxyl groups is 1. The van der Waals surface area contributed by atoms with Gasteiger partial charge in [0.25, 0.3) is 0 Å². The van der Waals surface area contributed by atoms with Gasteiger partial charge in [-0.1, -0.05) is 0 Å². The first-order valence-corrected chi connectivity index (χ1v) is 6.17. The van der Waals surface area contributed by atoms with Crippen LogP contribution in [0.3, 0.4) is 0 Å². The molecule has 1 amide bonds. The maximum absolute atomic E-state index is 11.5. The zero-order chi connectivity index (χ0) is 13.0. The summed E-state index contributed by atoms with van der Waals surface area (Å²) in [6.07, 6.45) is 1.10. The molecule has 0 aromatic heterocycles. The van der Waals surface area contributed by atoms with Crippen molar-refractivity contribution in [2.75, 3.05) is 47.8 Å². The van der Waals surface area contributed by atoms with Gasteiger partial charge in [-0.05, 0) is 20.5 Å². The number of β-amino-alcohol motifs (C(OH)–C–C–N with tert-alkyl or cyclic N) is 1. The van der Waals surface area contributed by atoms with Gasteiger partial charge in [-0.2, -0.15) is 0 Å². The molecular weight excluding hydrogens is 218 g/mol. The Morgan fingerprint density at radius 1 is 1.35 bits per heavy atom. The van der Waals surface area contributed by atoms with Crippen LogP contribution in [0, 0.1) is 0 Å². The summed E-state index contributed by atoms with van der Waals surface area (Å²) in [7, 11) is 7.62. The van der Waals surface area contributed by atoms with Crippen molar-refractivity contribution in [3.8, 4) is 0 Å². The van der Waals surface area contributed by atoms with Crippen molar-refractivity contribution in [2.45, 2.75) is 25.0 Å². The minimum atomic E-state index is -0.241. The molecule has 0 aromatic carbocycles. The summed E-state index contributed by atoms with van der Waals surface area (Å²) in [6.45, 7) is 2.37. The van der Waals surface area contributed by atoms with Crippen LogP contribution in [-0.2, 0) is 4.79 Å². The summed E-state index contributed by atoms with van der Waals surface area (Å²) >= 11 is 0. The molecule has 1 aliphatic rings. The molecule has 0 spiro atoms. The number of rotatable bonds is 5. The molecule has 1 N–H and O–H groups in total. The van der Waals surface area contributed by atoms with Gasteiger partial charge in [-0.15, -0.1) is 0 Å². The average Bonchev–Trinajstić information content (AvgIpc) is 2.54. The number of aliphatic hydroxyl groups excluding tert-OH is 1. The molecule has 100 valence electrons. The van der Waals surface area contributed by atoms with E-state index in [2.05, 4.69) is 9.80 Å². The number of carbonyl (C=O) groups excluding carboxylic acids is 1. The van der Waals surface area contributed by atoms with Gasteiger partial charge in [0.15, 0.2) is 0 Å². The lowest BCUT2D eigenvalue weighted by Crippen LogP contribution is -2.39. The van der Waals surface area contributed by atoms with Gasteiger partial charge in [0.05, 0.1) is 6.10 Å². The number of amides is 1. The molecule has 1 aliphatic heterocycles. The Kier molecular flexibility index (Phi) is 5.36. The fourth-order valence-corrected chi connectivity index (χ4v) is 2.31. The van der Waals surface area contributed by atoms with E-state index in [1.54, 1.807) is 19.0 Å². The Balaban J connectivity index is 2.42. The van der Waals surface area contributed by atoms with Crippen LogP contribution in [0.2, 0.25) is 0 Å². The Morgan fingerprint density at radius 2 is 2.00 bits per heavy atom. The molecule has 0 saturated carbocycles. The molecule has 0 bridgehead atoms. The summed E-state index contributed by atoms with van der Waals surface area (Å²) < 4.78 is 0. The third-order valence-corrected chi connectivity index (χ3v) is 3.19. The number of hydrogen-bond donors (Lipinski definition) is 1. The molecule has 1 saturated heterocycles. The van der Waals surface area contributed by atoms with Crippen molar-refractivity contribution in [1.82, 2.24) is 14.7 Å². The van der Waals surface area contributed by atoms with E-state index >= 15 is 0 Å². The van der Waals surface area contributed by atoms with E-state index in [4.69, 9.17) is 0 Å². The van der Waals surface area contributed by atoms with Gasteiger partial charge < -0.3 is 14.9 Å². The molecule has 2 unspecified atom stereocenters. The molecule has 0 aromatic rings. The molecule has 5 heteroatoms. The molecule has 1 fully saturated rings. The van der Waals surface area contributed by atoms with Crippen LogP contribution in [-0.4, -0.2) is 85.7 Å². The summed E-state index contributed by atoms with van der Waals surface area (Å²) in [5.74, 6) is 0.148. The lowest BCUT2D eigenvalue weighted by atomic mass is 10.2. The van der Waals surface area contributed by atoms with Gasteiger partial charge in [-0.25, -0.2) is 0 Å². The Hall–Kier alpha value is -0.650. The molecule has 0 radical (unpaired) electrons. The third kappa shape index (κ3) is 4.61. The fraction of sp³-hybridized carbons (Fsp3) is 0.917. The molecular formula is C12H25N3O2. The van der Waals surface area contributed by atoms with Crippen molar-refractivity contribution < 1.29 is 9.90 Å². The highest BCUT2D eigenvalue weighted by molar-refractivity contribution is 5.75. The summed E-state index contributed by atoms with van der Waals surface area (Å²) in [5.41, 5.74) is 0. The number of nitrogens with zero attached hydrogens (tertiary/aromatic N) is 3. The highest BCUT2D eigenvalue weighted by Crippen LogP contribution is 2.18. The monoisotopic (exact) mass is 243 g/mol. The van der Waals surface area contributed by atoms with Crippen LogP contribution < -0.4 is 0 Å². The molecule has 1 heterocycles.